The topological polar surface area (TPSA) is 37.8 Å². The minimum absolute atomic E-state index is 0.0545. The number of alkyl halides is 3. The van der Waals surface area contributed by atoms with E-state index in [9.17, 15) is 13.2 Å². The maximum atomic E-state index is 12.6. The van der Waals surface area contributed by atoms with Crippen molar-refractivity contribution in [2.24, 2.45) is 0 Å². The molecule has 1 aliphatic carbocycles. The van der Waals surface area contributed by atoms with E-state index in [1.165, 1.54) is 19.3 Å². The highest BCUT2D eigenvalue weighted by Gasteiger charge is 2.34. The summed E-state index contributed by atoms with van der Waals surface area (Å²) in [5.41, 5.74) is -0.906. The highest BCUT2D eigenvalue weighted by Crippen LogP contribution is 2.38. The van der Waals surface area contributed by atoms with Crippen molar-refractivity contribution in [3.05, 3.63) is 18.0 Å². The fourth-order valence-electron chi connectivity index (χ4n) is 2.49. The van der Waals surface area contributed by atoms with Gasteiger partial charge in [-0.3, -0.25) is 0 Å². The molecule has 1 aromatic rings. The largest absolute Gasteiger partial charge is 0.433 e. The monoisotopic (exact) mass is 305 g/mol. The minimum Gasteiger partial charge on any atom is -0.353 e. The number of hydrogen-bond donors (Lipinski definition) is 1. The van der Waals surface area contributed by atoms with Crippen LogP contribution in [0.1, 0.15) is 37.8 Å². The molecule has 7 heteroatoms. The second-order valence-corrected chi connectivity index (χ2v) is 6.34. The fourth-order valence-corrected chi connectivity index (χ4v) is 3.40. The van der Waals surface area contributed by atoms with E-state index in [2.05, 4.69) is 21.5 Å². The van der Waals surface area contributed by atoms with Crippen LogP contribution in [0.25, 0.3) is 0 Å². The van der Waals surface area contributed by atoms with Crippen molar-refractivity contribution in [1.29, 1.82) is 0 Å². The third-order valence-electron chi connectivity index (χ3n) is 3.71. The zero-order valence-corrected chi connectivity index (χ0v) is 12.2. The predicted octanol–water partition coefficient (Wildman–Crippen LogP) is 3.97. The Kier molecular flexibility index (Phi) is 4.78. The summed E-state index contributed by atoms with van der Waals surface area (Å²) in [7, 11) is 0. The normalized spacial score (nSPS) is 18.8. The van der Waals surface area contributed by atoms with Crippen LogP contribution in [0.4, 0.5) is 19.1 Å². The molecule has 0 amide bonds. The van der Waals surface area contributed by atoms with Gasteiger partial charge in [-0.15, -0.1) is 0 Å². The van der Waals surface area contributed by atoms with Gasteiger partial charge < -0.3 is 5.32 Å². The summed E-state index contributed by atoms with van der Waals surface area (Å²) in [4.78, 5) is 7.41. The van der Waals surface area contributed by atoms with E-state index < -0.39 is 11.9 Å². The molecule has 0 spiro atoms. The van der Waals surface area contributed by atoms with Crippen LogP contribution in [-0.2, 0) is 6.18 Å². The highest BCUT2D eigenvalue weighted by atomic mass is 32.2. The van der Waals surface area contributed by atoms with E-state index in [1.54, 1.807) is 11.8 Å². The van der Waals surface area contributed by atoms with Crippen LogP contribution < -0.4 is 5.32 Å². The third kappa shape index (κ3) is 3.77. The van der Waals surface area contributed by atoms with Gasteiger partial charge in [0.1, 0.15) is 5.69 Å². The number of nitrogens with zero attached hydrogens (tertiary/aromatic N) is 2. The lowest BCUT2D eigenvalue weighted by atomic mass is 9.88. The van der Waals surface area contributed by atoms with Gasteiger partial charge in [0, 0.05) is 17.5 Å². The average Bonchev–Trinajstić information content (AvgIpc) is 2.46. The maximum absolute atomic E-state index is 12.6. The molecular formula is C13H18F3N3S. The van der Waals surface area contributed by atoms with Crippen LogP contribution in [0.15, 0.2) is 12.3 Å². The van der Waals surface area contributed by atoms with Crippen LogP contribution in [0.3, 0.4) is 0 Å². The lowest BCUT2D eigenvalue weighted by Gasteiger charge is -2.35. The number of nitrogens with one attached hydrogen (secondary N) is 1. The fraction of sp³-hybridized carbons (Fsp3) is 0.692. The Morgan fingerprint density at radius 2 is 2.00 bits per heavy atom. The Hall–Kier alpha value is -0.980. The zero-order chi connectivity index (χ0) is 14.6. The number of aromatic nitrogens is 2. The summed E-state index contributed by atoms with van der Waals surface area (Å²) >= 11 is 1.78. The molecule has 0 aliphatic heterocycles. The summed E-state index contributed by atoms with van der Waals surface area (Å²) in [6, 6.07) is 0.885. The maximum Gasteiger partial charge on any atom is 0.433 e. The number of halogens is 3. The zero-order valence-electron chi connectivity index (χ0n) is 11.3. The molecule has 1 aliphatic rings. The molecule has 0 bridgehead atoms. The molecule has 1 aromatic heterocycles. The van der Waals surface area contributed by atoms with E-state index >= 15 is 0 Å². The van der Waals surface area contributed by atoms with Gasteiger partial charge in [0.2, 0.25) is 5.95 Å². The van der Waals surface area contributed by atoms with Gasteiger partial charge in [-0.1, -0.05) is 19.3 Å². The van der Waals surface area contributed by atoms with Crippen LogP contribution in [0.5, 0.6) is 0 Å². The van der Waals surface area contributed by atoms with E-state index in [4.69, 9.17) is 0 Å². The Morgan fingerprint density at radius 3 is 2.60 bits per heavy atom. The summed E-state index contributed by atoms with van der Waals surface area (Å²) < 4.78 is 37.8. The van der Waals surface area contributed by atoms with Gasteiger partial charge in [-0.2, -0.15) is 24.9 Å². The highest BCUT2D eigenvalue weighted by molar-refractivity contribution is 8.00. The first-order valence-electron chi connectivity index (χ1n) is 6.64. The smallest absolute Gasteiger partial charge is 0.353 e. The third-order valence-corrected chi connectivity index (χ3v) is 5.13. The molecule has 0 radical (unpaired) electrons. The quantitative estimate of drug-likeness (QED) is 0.913. The molecule has 1 fully saturated rings. The van der Waals surface area contributed by atoms with Crippen molar-refractivity contribution in [3.8, 4) is 0 Å². The lowest BCUT2D eigenvalue weighted by Crippen LogP contribution is -2.36. The predicted molar refractivity (Wildman–Crippen MR) is 74.9 cm³/mol. The van der Waals surface area contributed by atoms with Crippen molar-refractivity contribution in [3.63, 3.8) is 0 Å². The Bertz CT molecular complexity index is 445. The van der Waals surface area contributed by atoms with E-state index in [0.717, 1.165) is 25.1 Å². The van der Waals surface area contributed by atoms with Crippen molar-refractivity contribution in [1.82, 2.24) is 9.97 Å². The summed E-state index contributed by atoms with van der Waals surface area (Å²) in [5, 5.41) is 2.98. The average molecular weight is 305 g/mol. The van der Waals surface area contributed by atoms with Crippen LogP contribution >= 0.6 is 11.8 Å². The molecule has 1 saturated carbocycles. The molecule has 0 saturated heterocycles. The lowest BCUT2D eigenvalue weighted by molar-refractivity contribution is -0.141. The Morgan fingerprint density at radius 1 is 1.30 bits per heavy atom. The van der Waals surface area contributed by atoms with E-state index in [0.29, 0.717) is 6.54 Å². The standard InChI is InChI=1S/C13H18F3N3S/c1-20-12(6-3-2-4-7-12)9-18-11-17-8-5-10(19-11)13(14,15)16/h5,8H,2-4,6-7,9H2,1H3,(H,17,18,19). The molecule has 2 rings (SSSR count). The van der Waals surface area contributed by atoms with Crippen LogP contribution in [0, 0.1) is 0 Å². The van der Waals surface area contributed by atoms with E-state index in [1.807, 2.05) is 0 Å². The summed E-state index contributed by atoms with van der Waals surface area (Å²) in [5.74, 6) is 0.0545. The van der Waals surface area contributed by atoms with Gasteiger partial charge in [0.15, 0.2) is 0 Å². The second kappa shape index (κ2) is 6.20. The second-order valence-electron chi connectivity index (χ2n) is 5.06. The first-order chi connectivity index (χ1) is 9.45. The summed E-state index contributed by atoms with van der Waals surface area (Å²) in [6.07, 6.45) is 4.52. The minimum atomic E-state index is -4.43. The van der Waals surface area contributed by atoms with Crippen molar-refractivity contribution in [2.45, 2.75) is 43.0 Å². The number of anilines is 1. The molecule has 0 unspecified atom stereocenters. The molecule has 3 nitrogen and oxygen atoms in total. The van der Waals surface area contributed by atoms with Crippen LogP contribution in [0.2, 0.25) is 0 Å². The molecule has 1 heterocycles. The summed E-state index contributed by atoms with van der Waals surface area (Å²) in [6.45, 7) is 0.607. The van der Waals surface area contributed by atoms with Crippen molar-refractivity contribution < 1.29 is 13.2 Å². The molecule has 0 aromatic carbocycles. The molecular weight excluding hydrogens is 287 g/mol. The van der Waals surface area contributed by atoms with Gasteiger partial charge in [-0.25, -0.2) is 9.97 Å². The molecule has 1 N–H and O–H groups in total. The van der Waals surface area contributed by atoms with Crippen molar-refractivity contribution >= 4 is 17.7 Å². The number of hydrogen-bond acceptors (Lipinski definition) is 4. The number of thioether (sulfide) groups is 1. The van der Waals surface area contributed by atoms with Crippen molar-refractivity contribution in [2.75, 3.05) is 18.1 Å². The molecule has 112 valence electrons. The van der Waals surface area contributed by atoms with Gasteiger partial charge in [-0.05, 0) is 25.2 Å². The van der Waals surface area contributed by atoms with Gasteiger partial charge in [0.25, 0.3) is 0 Å². The van der Waals surface area contributed by atoms with E-state index in [-0.39, 0.29) is 10.7 Å². The van der Waals surface area contributed by atoms with Crippen LogP contribution in [-0.4, -0.2) is 27.5 Å². The number of rotatable bonds is 4. The van der Waals surface area contributed by atoms with Gasteiger partial charge >= 0.3 is 6.18 Å². The first-order valence-corrected chi connectivity index (χ1v) is 7.87. The Balaban J connectivity index is 2.03. The molecule has 0 atom stereocenters. The SMILES string of the molecule is CSC1(CNc2nccc(C(F)(F)F)n2)CCCCC1. The molecule has 20 heavy (non-hydrogen) atoms. The first kappa shape index (κ1) is 15.4. The van der Waals surface area contributed by atoms with Gasteiger partial charge in [0.05, 0.1) is 0 Å². The Labute approximate surface area is 120 Å².